The van der Waals surface area contributed by atoms with Crippen LogP contribution in [0.5, 0.6) is 0 Å². The summed E-state index contributed by atoms with van der Waals surface area (Å²) in [7, 11) is 1.84. The molecule has 0 aromatic carbocycles. The van der Waals surface area contributed by atoms with E-state index in [-0.39, 0.29) is 5.91 Å². The van der Waals surface area contributed by atoms with Gasteiger partial charge in [0.1, 0.15) is 22.3 Å². The predicted octanol–water partition coefficient (Wildman–Crippen LogP) is 2.37. The van der Waals surface area contributed by atoms with Crippen LogP contribution < -0.4 is 4.90 Å². The summed E-state index contributed by atoms with van der Waals surface area (Å²) in [5, 5.41) is 0.504. The van der Waals surface area contributed by atoms with Crippen LogP contribution in [0.2, 0.25) is 5.15 Å². The molecule has 0 unspecified atom stereocenters. The number of amides is 1. The zero-order chi connectivity index (χ0) is 15.4. The lowest BCUT2D eigenvalue weighted by atomic mass is 9.97. The fraction of sp³-hybridized carbons (Fsp3) is 0.667. The van der Waals surface area contributed by atoms with E-state index >= 15 is 0 Å². The van der Waals surface area contributed by atoms with Crippen molar-refractivity contribution in [3.63, 3.8) is 0 Å². The Balaban J connectivity index is 2.05. The van der Waals surface area contributed by atoms with E-state index in [1.165, 1.54) is 0 Å². The molecule has 1 aromatic rings. The number of anilines is 1. The summed E-state index contributed by atoms with van der Waals surface area (Å²) in [5.41, 5.74) is 0.238. The van der Waals surface area contributed by atoms with Crippen LogP contribution in [0.15, 0.2) is 0 Å². The second-order valence-electron chi connectivity index (χ2n) is 6.53. The quantitative estimate of drug-likeness (QED) is 0.787. The Bertz CT molecular complexity index is 598. The average Bonchev–Trinajstić information content (AvgIpc) is 3.24. The molecule has 1 aliphatic carbocycles. The summed E-state index contributed by atoms with van der Waals surface area (Å²) in [4.78, 5) is 25.5. The Morgan fingerprint density at radius 2 is 1.90 bits per heavy atom. The number of likely N-dealkylation sites (N-methyl/N-ethyl adjacent to an activating group) is 1. The summed E-state index contributed by atoms with van der Waals surface area (Å²) in [6.07, 6.45) is 2.26. The number of rotatable bonds is 2. The molecule has 0 spiro atoms. The van der Waals surface area contributed by atoms with Crippen molar-refractivity contribution in [1.82, 2.24) is 14.9 Å². The van der Waals surface area contributed by atoms with Crippen molar-refractivity contribution in [3.8, 4) is 0 Å². The molecule has 1 saturated carbocycles. The van der Waals surface area contributed by atoms with E-state index in [1.807, 2.05) is 27.8 Å². The molecular weight excluding hydrogens is 288 g/mol. The molecule has 5 nitrogen and oxygen atoms in total. The van der Waals surface area contributed by atoms with Gasteiger partial charge < -0.3 is 9.80 Å². The molecule has 2 fully saturated rings. The van der Waals surface area contributed by atoms with Crippen LogP contribution in [-0.4, -0.2) is 46.5 Å². The van der Waals surface area contributed by atoms with E-state index in [9.17, 15) is 4.79 Å². The van der Waals surface area contributed by atoms with Gasteiger partial charge in [-0.3, -0.25) is 4.79 Å². The molecule has 1 aliphatic heterocycles. The Labute approximate surface area is 130 Å². The van der Waals surface area contributed by atoms with Gasteiger partial charge in [0.25, 0.3) is 0 Å². The predicted molar refractivity (Wildman–Crippen MR) is 82.8 cm³/mol. The summed E-state index contributed by atoms with van der Waals surface area (Å²) >= 11 is 6.30. The Morgan fingerprint density at radius 3 is 2.52 bits per heavy atom. The molecule has 0 atom stereocenters. The fourth-order valence-corrected chi connectivity index (χ4v) is 3.04. The van der Waals surface area contributed by atoms with Crippen molar-refractivity contribution in [1.29, 1.82) is 0 Å². The van der Waals surface area contributed by atoms with Crippen molar-refractivity contribution < 1.29 is 4.79 Å². The lowest BCUT2D eigenvalue weighted by molar-refractivity contribution is -0.136. The van der Waals surface area contributed by atoms with E-state index in [2.05, 4.69) is 9.88 Å². The number of halogens is 1. The minimum absolute atomic E-state index is 0.107. The summed E-state index contributed by atoms with van der Waals surface area (Å²) in [6.45, 7) is 7.26. The molecule has 0 N–H and O–H groups in total. The van der Waals surface area contributed by atoms with Gasteiger partial charge in [-0.25, -0.2) is 9.97 Å². The minimum Gasteiger partial charge on any atom is -0.342 e. The van der Waals surface area contributed by atoms with Crippen LogP contribution in [0.4, 0.5) is 5.82 Å². The third-order valence-corrected chi connectivity index (χ3v) is 4.85. The van der Waals surface area contributed by atoms with E-state index in [1.54, 1.807) is 4.90 Å². The van der Waals surface area contributed by atoms with Crippen LogP contribution in [-0.2, 0) is 4.79 Å². The number of aromatic nitrogens is 2. The van der Waals surface area contributed by atoms with Crippen LogP contribution >= 0.6 is 11.6 Å². The summed E-state index contributed by atoms with van der Waals surface area (Å²) < 4.78 is 0. The molecule has 6 heteroatoms. The topological polar surface area (TPSA) is 49.3 Å². The van der Waals surface area contributed by atoms with Crippen LogP contribution in [0.25, 0.3) is 0 Å². The standard InChI is InChI=1S/C15H21ClN4O/c1-9-11(16)17-12(10-5-6-10)18-13(9)20-8-7-19(4)14(21)15(20,2)3/h10H,5-8H2,1-4H3. The molecule has 2 aliphatic rings. The Morgan fingerprint density at radius 1 is 1.24 bits per heavy atom. The molecular formula is C15H21ClN4O. The normalized spacial score (nSPS) is 21.9. The van der Waals surface area contributed by atoms with Gasteiger partial charge in [0.05, 0.1) is 0 Å². The number of carbonyl (C=O) groups is 1. The fourth-order valence-electron chi connectivity index (χ4n) is 2.87. The van der Waals surface area contributed by atoms with Gasteiger partial charge in [-0.1, -0.05) is 11.6 Å². The van der Waals surface area contributed by atoms with Gasteiger partial charge in [0, 0.05) is 31.6 Å². The number of nitrogens with zero attached hydrogens (tertiary/aromatic N) is 4. The van der Waals surface area contributed by atoms with E-state index < -0.39 is 5.54 Å². The first-order chi connectivity index (χ1) is 9.82. The monoisotopic (exact) mass is 308 g/mol. The third kappa shape index (κ3) is 2.37. The highest BCUT2D eigenvalue weighted by molar-refractivity contribution is 6.30. The lowest BCUT2D eigenvalue weighted by Gasteiger charge is -2.46. The van der Waals surface area contributed by atoms with Gasteiger partial charge in [-0.2, -0.15) is 0 Å². The average molecular weight is 309 g/mol. The minimum atomic E-state index is -0.615. The summed E-state index contributed by atoms with van der Waals surface area (Å²) in [6, 6.07) is 0. The third-order valence-electron chi connectivity index (χ3n) is 4.48. The smallest absolute Gasteiger partial charge is 0.247 e. The second-order valence-corrected chi connectivity index (χ2v) is 6.89. The maximum atomic E-state index is 12.5. The van der Waals surface area contributed by atoms with Crippen molar-refractivity contribution in [2.75, 3.05) is 25.0 Å². The first kappa shape index (κ1) is 14.6. The molecule has 1 amide bonds. The zero-order valence-electron chi connectivity index (χ0n) is 13.0. The molecule has 2 heterocycles. The first-order valence-corrected chi connectivity index (χ1v) is 7.77. The van der Waals surface area contributed by atoms with Crippen molar-refractivity contribution in [3.05, 3.63) is 16.5 Å². The van der Waals surface area contributed by atoms with Crippen molar-refractivity contribution >= 4 is 23.3 Å². The van der Waals surface area contributed by atoms with Gasteiger partial charge in [0.2, 0.25) is 5.91 Å². The highest BCUT2D eigenvalue weighted by Gasteiger charge is 2.42. The van der Waals surface area contributed by atoms with Gasteiger partial charge in [0.15, 0.2) is 0 Å². The molecule has 0 radical (unpaired) electrons. The van der Waals surface area contributed by atoms with Crippen LogP contribution in [0.3, 0.4) is 0 Å². The number of piperazine rings is 1. The zero-order valence-corrected chi connectivity index (χ0v) is 13.7. The molecule has 0 bridgehead atoms. The SMILES string of the molecule is Cc1c(Cl)nc(C2CC2)nc1N1CCN(C)C(=O)C1(C)C. The Kier molecular flexibility index (Phi) is 3.35. The highest BCUT2D eigenvalue weighted by Crippen LogP contribution is 2.41. The maximum absolute atomic E-state index is 12.5. The van der Waals surface area contributed by atoms with Crippen LogP contribution in [0.1, 0.15) is 44.0 Å². The number of hydrogen-bond donors (Lipinski definition) is 0. The molecule has 1 saturated heterocycles. The van der Waals surface area contributed by atoms with Gasteiger partial charge in [-0.05, 0) is 33.6 Å². The highest BCUT2D eigenvalue weighted by atomic mass is 35.5. The van der Waals surface area contributed by atoms with E-state index in [0.717, 1.165) is 36.6 Å². The first-order valence-electron chi connectivity index (χ1n) is 7.39. The lowest BCUT2D eigenvalue weighted by Crippen LogP contribution is -2.62. The van der Waals surface area contributed by atoms with Crippen LogP contribution in [0, 0.1) is 6.92 Å². The Hall–Kier alpha value is -1.36. The van der Waals surface area contributed by atoms with E-state index in [4.69, 9.17) is 16.6 Å². The van der Waals surface area contributed by atoms with Crippen molar-refractivity contribution in [2.45, 2.75) is 45.1 Å². The molecule has 1 aromatic heterocycles. The number of hydrogen-bond acceptors (Lipinski definition) is 4. The largest absolute Gasteiger partial charge is 0.342 e. The van der Waals surface area contributed by atoms with Gasteiger partial charge in [-0.15, -0.1) is 0 Å². The maximum Gasteiger partial charge on any atom is 0.247 e. The number of carbonyl (C=O) groups excluding carboxylic acids is 1. The second kappa shape index (κ2) is 4.83. The van der Waals surface area contributed by atoms with Crippen molar-refractivity contribution in [2.24, 2.45) is 0 Å². The van der Waals surface area contributed by atoms with E-state index in [0.29, 0.717) is 17.6 Å². The van der Waals surface area contributed by atoms with Gasteiger partial charge >= 0.3 is 0 Å². The summed E-state index contributed by atoms with van der Waals surface area (Å²) in [5.74, 6) is 2.18. The molecule has 114 valence electrons. The molecule has 3 rings (SSSR count). The molecule has 21 heavy (non-hydrogen) atoms.